The van der Waals surface area contributed by atoms with Crippen molar-refractivity contribution in [2.75, 3.05) is 6.61 Å². The lowest BCUT2D eigenvalue weighted by molar-refractivity contribution is -0.307. The molecule has 0 radical (unpaired) electrons. The molecule has 1 fully saturated rings. The van der Waals surface area contributed by atoms with Crippen LogP contribution in [-0.4, -0.2) is 12.6 Å². The molecule has 0 bridgehead atoms. The number of carboxylic acid groups (broad SMARTS) is 1. The highest BCUT2D eigenvalue weighted by Gasteiger charge is 2.15. The first-order chi connectivity index (χ1) is 9.58. The van der Waals surface area contributed by atoms with E-state index in [1.807, 2.05) is 6.07 Å². The Balaban J connectivity index is 1.96. The number of rotatable bonds is 5. The quantitative estimate of drug-likeness (QED) is 0.827. The van der Waals surface area contributed by atoms with E-state index in [4.69, 9.17) is 4.74 Å². The van der Waals surface area contributed by atoms with Crippen molar-refractivity contribution in [2.24, 2.45) is 5.92 Å². The molecule has 3 nitrogen and oxygen atoms in total. The number of carboxylic acids is 1. The van der Waals surface area contributed by atoms with Gasteiger partial charge in [0, 0.05) is 11.9 Å². The minimum Gasteiger partial charge on any atom is -0.550 e. The maximum absolute atomic E-state index is 10.9. The van der Waals surface area contributed by atoms with Crippen molar-refractivity contribution >= 4 is 21.9 Å². The summed E-state index contributed by atoms with van der Waals surface area (Å²) < 4.78 is 6.67. The van der Waals surface area contributed by atoms with Crippen LogP contribution in [-0.2, 0) is 4.79 Å². The van der Waals surface area contributed by atoms with Crippen molar-refractivity contribution in [3.63, 3.8) is 0 Å². The molecule has 20 heavy (non-hydrogen) atoms. The molecular weight excluding hydrogens is 320 g/mol. The summed E-state index contributed by atoms with van der Waals surface area (Å²) in [5, 5.41) is 10.9. The lowest BCUT2D eigenvalue weighted by atomic mass is 9.90. The van der Waals surface area contributed by atoms with Crippen LogP contribution in [0.5, 0.6) is 5.75 Å². The summed E-state index contributed by atoms with van der Waals surface area (Å²) in [6.07, 6.45) is 6.44. The van der Waals surface area contributed by atoms with Crippen LogP contribution < -0.4 is 9.84 Å². The smallest absolute Gasteiger partial charge is 0.133 e. The maximum atomic E-state index is 10.9. The van der Waals surface area contributed by atoms with Gasteiger partial charge in [-0.1, -0.05) is 32.3 Å². The van der Waals surface area contributed by atoms with Gasteiger partial charge in [-0.2, -0.15) is 0 Å². The Kier molecular flexibility index (Phi) is 5.46. The highest BCUT2D eigenvalue weighted by Crippen LogP contribution is 2.31. The Hall–Kier alpha value is -1.03. The topological polar surface area (TPSA) is 49.4 Å². The number of benzene rings is 1. The van der Waals surface area contributed by atoms with Crippen molar-refractivity contribution in [2.45, 2.75) is 44.9 Å². The van der Waals surface area contributed by atoms with Crippen LogP contribution in [0.4, 0.5) is 0 Å². The Bertz CT molecular complexity index is 467. The zero-order valence-electron chi connectivity index (χ0n) is 11.7. The number of carbonyl (C=O) groups excluding carboxylic acids is 1. The molecule has 0 aromatic heterocycles. The van der Waals surface area contributed by atoms with E-state index >= 15 is 0 Å². The van der Waals surface area contributed by atoms with Gasteiger partial charge in [0.1, 0.15) is 5.75 Å². The van der Waals surface area contributed by atoms with E-state index < -0.39 is 11.9 Å². The second-order valence-corrected chi connectivity index (χ2v) is 6.40. The number of hydrogen-bond acceptors (Lipinski definition) is 3. The van der Waals surface area contributed by atoms with E-state index in [9.17, 15) is 9.90 Å². The number of carbonyl (C=O) groups is 1. The SMILES string of the molecule is CC(C(=O)[O-])c1ccc(OCC2CCCCC2)c(Br)c1. The summed E-state index contributed by atoms with van der Waals surface area (Å²) in [6, 6.07) is 5.43. The zero-order valence-corrected chi connectivity index (χ0v) is 13.3. The van der Waals surface area contributed by atoms with Gasteiger partial charge in [-0.05, 0) is 52.4 Å². The van der Waals surface area contributed by atoms with Gasteiger partial charge >= 0.3 is 0 Å². The van der Waals surface area contributed by atoms with Crippen molar-refractivity contribution in [3.8, 4) is 5.75 Å². The highest BCUT2D eigenvalue weighted by atomic mass is 79.9. The zero-order chi connectivity index (χ0) is 14.5. The first kappa shape index (κ1) is 15.4. The average Bonchev–Trinajstić information content (AvgIpc) is 2.46. The second kappa shape index (κ2) is 7.11. The monoisotopic (exact) mass is 339 g/mol. The first-order valence-corrected chi connectivity index (χ1v) is 8.00. The molecule has 0 heterocycles. The van der Waals surface area contributed by atoms with Crippen LogP contribution in [0.15, 0.2) is 22.7 Å². The standard InChI is InChI=1S/C16H21BrO3/c1-11(16(18)19)13-7-8-15(14(17)9-13)20-10-12-5-3-2-4-6-12/h7-9,11-12H,2-6,10H2,1H3,(H,18,19)/p-1. The summed E-state index contributed by atoms with van der Waals surface area (Å²) in [5.41, 5.74) is 0.724. The molecule has 1 aliphatic rings. The number of aliphatic carboxylic acids is 1. The average molecular weight is 340 g/mol. The van der Waals surface area contributed by atoms with Gasteiger partial charge in [0.05, 0.1) is 11.1 Å². The van der Waals surface area contributed by atoms with Crippen LogP contribution in [0.3, 0.4) is 0 Å². The molecule has 0 spiro atoms. The minimum absolute atomic E-state index is 0.612. The largest absolute Gasteiger partial charge is 0.550 e. The van der Waals surface area contributed by atoms with Gasteiger partial charge in [0.2, 0.25) is 0 Å². The fraction of sp³-hybridized carbons (Fsp3) is 0.562. The lowest BCUT2D eigenvalue weighted by Gasteiger charge is -2.22. The Morgan fingerprint density at radius 1 is 1.40 bits per heavy atom. The third-order valence-electron chi connectivity index (χ3n) is 4.01. The van der Waals surface area contributed by atoms with Gasteiger partial charge in [0.15, 0.2) is 0 Å². The van der Waals surface area contributed by atoms with Gasteiger partial charge in [0.25, 0.3) is 0 Å². The van der Waals surface area contributed by atoms with Crippen molar-refractivity contribution in [3.05, 3.63) is 28.2 Å². The molecule has 1 saturated carbocycles. The Labute approximate surface area is 128 Å². The molecular formula is C16H20BrO3-. The van der Waals surface area contributed by atoms with E-state index in [-0.39, 0.29) is 0 Å². The van der Waals surface area contributed by atoms with Crippen molar-refractivity contribution in [1.29, 1.82) is 0 Å². The number of halogens is 1. The summed E-state index contributed by atoms with van der Waals surface area (Å²) in [4.78, 5) is 10.9. The van der Waals surface area contributed by atoms with E-state index in [0.29, 0.717) is 5.92 Å². The fourth-order valence-corrected chi connectivity index (χ4v) is 3.11. The molecule has 0 saturated heterocycles. The summed E-state index contributed by atoms with van der Waals surface area (Å²) in [7, 11) is 0. The molecule has 2 rings (SSSR count). The molecule has 1 unspecified atom stereocenters. The van der Waals surface area contributed by atoms with E-state index in [1.165, 1.54) is 32.1 Å². The van der Waals surface area contributed by atoms with E-state index in [2.05, 4.69) is 15.9 Å². The lowest BCUT2D eigenvalue weighted by Crippen LogP contribution is -2.27. The van der Waals surface area contributed by atoms with Crippen LogP contribution in [0.25, 0.3) is 0 Å². The van der Waals surface area contributed by atoms with Crippen LogP contribution in [0.2, 0.25) is 0 Å². The fourth-order valence-electron chi connectivity index (χ4n) is 2.60. The van der Waals surface area contributed by atoms with Crippen molar-refractivity contribution < 1.29 is 14.6 Å². The van der Waals surface area contributed by atoms with Gasteiger partial charge in [-0.15, -0.1) is 0 Å². The van der Waals surface area contributed by atoms with Crippen LogP contribution in [0.1, 0.15) is 50.5 Å². The maximum Gasteiger partial charge on any atom is 0.133 e. The van der Waals surface area contributed by atoms with Gasteiger partial charge < -0.3 is 14.6 Å². The summed E-state index contributed by atoms with van der Waals surface area (Å²) in [6.45, 7) is 2.37. The van der Waals surface area contributed by atoms with Crippen LogP contribution in [0, 0.1) is 5.92 Å². The third-order valence-corrected chi connectivity index (χ3v) is 4.63. The summed E-state index contributed by atoms with van der Waals surface area (Å²) in [5.74, 6) is -0.242. The Morgan fingerprint density at radius 3 is 2.70 bits per heavy atom. The molecule has 1 aromatic carbocycles. The first-order valence-electron chi connectivity index (χ1n) is 7.21. The van der Waals surface area contributed by atoms with Gasteiger partial charge in [-0.25, -0.2) is 0 Å². The Morgan fingerprint density at radius 2 is 2.10 bits per heavy atom. The minimum atomic E-state index is -1.06. The number of hydrogen-bond donors (Lipinski definition) is 0. The van der Waals surface area contributed by atoms with Crippen LogP contribution >= 0.6 is 15.9 Å². The van der Waals surface area contributed by atoms with E-state index in [1.54, 1.807) is 19.1 Å². The predicted octanol–water partition coefficient (Wildman–Crippen LogP) is 3.26. The second-order valence-electron chi connectivity index (χ2n) is 5.55. The molecule has 4 heteroatoms. The molecule has 0 amide bonds. The van der Waals surface area contributed by atoms with Crippen molar-refractivity contribution in [1.82, 2.24) is 0 Å². The normalized spacial score (nSPS) is 17.7. The predicted molar refractivity (Wildman–Crippen MR) is 79.6 cm³/mol. The third kappa shape index (κ3) is 3.98. The molecule has 1 aromatic rings. The molecule has 110 valence electrons. The molecule has 1 atom stereocenters. The highest BCUT2D eigenvalue weighted by molar-refractivity contribution is 9.10. The summed E-state index contributed by atoms with van der Waals surface area (Å²) >= 11 is 3.45. The van der Waals surface area contributed by atoms with Gasteiger partial charge in [-0.3, -0.25) is 0 Å². The molecule has 0 aliphatic heterocycles. The molecule has 1 aliphatic carbocycles. The van der Waals surface area contributed by atoms with E-state index in [0.717, 1.165) is 22.4 Å². The molecule has 0 N–H and O–H groups in total. The number of ether oxygens (including phenoxy) is 1.